The van der Waals surface area contributed by atoms with E-state index < -0.39 is 14.7 Å². The van der Waals surface area contributed by atoms with Gasteiger partial charge in [-0.25, -0.2) is 13.6 Å². The third-order valence-electron chi connectivity index (χ3n) is 6.29. The molecule has 12 nitrogen and oxygen atoms in total. The van der Waals surface area contributed by atoms with E-state index in [9.17, 15) is 23.2 Å². The highest BCUT2D eigenvalue weighted by Crippen LogP contribution is 2.23. The van der Waals surface area contributed by atoms with Gasteiger partial charge in [-0.15, -0.1) is 23.9 Å². The number of quaternary nitrogens is 1. The van der Waals surface area contributed by atoms with Crippen LogP contribution in [0.2, 0.25) is 0 Å². The molecule has 254 valence electrons. The normalized spacial score (nSPS) is 13.9. The number of alkyl halides is 1. The van der Waals surface area contributed by atoms with Crippen LogP contribution in [0.4, 0.5) is 0 Å². The number of carbonyl (C=O) groups is 2. The Morgan fingerprint density at radius 3 is 2.13 bits per heavy atom. The van der Waals surface area contributed by atoms with Crippen LogP contribution in [-0.2, 0) is 29.0 Å². The first-order chi connectivity index (χ1) is 21.4. The van der Waals surface area contributed by atoms with Gasteiger partial charge in [-0.05, 0) is 49.9 Å². The Morgan fingerprint density at radius 1 is 1.02 bits per heavy atom. The van der Waals surface area contributed by atoms with Crippen molar-refractivity contribution in [2.75, 3.05) is 66.3 Å². The third-order valence-corrected chi connectivity index (χ3v) is 8.58. The number of nitrogens with zero attached hydrogens (tertiary/aromatic N) is 1. The summed E-state index contributed by atoms with van der Waals surface area (Å²) in [6.45, 7) is 3.92. The molecule has 0 saturated heterocycles. The van der Waals surface area contributed by atoms with Gasteiger partial charge in [-0.3, -0.25) is 9.59 Å². The number of allylic oxidation sites excluding steroid dienone is 1. The van der Waals surface area contributed by atoms with Crippen LogP contribution in [0, 0.1) is 17.6 Å². The lowest BCUT2D eigenvalue weighted by molar-refractivity contribution is -0.812. The molecule has 0 aromatic heterocycles. The molecule has 0 radical (unpaired) electrons. The van der Waals surface area contributed by atoms with Crippen molar-refractivity contribution < 1.29 is 36.9 Å². The van der Waals surface area contributed by atoms with E-state index in [0.29, 0.717) is 114 Å². The van der Waals surface area contributed by atoms with E-state index in [0.717, 1.165) is 0 Å². The van der Waals surface area contributed by atoms with E-state index in [1.807, 2.05) is 0 Å². The van der Waals surface area contributed by atoms with Gasteiger partial charge in [-0.2, -0.15) is 0 Å². The summed E-state index contributed by atoms with van der Waals surface area (Å²) in [6, 6.07) is 5.39. The van der Waals surface area contributed by atoms with Crippen LogP contribution in [-0.4, -0.2) is 96.6 Å². The molecule has 0 spiro atoms. The summed E-state index contributed by atoms with van der Waals surface area (Å²) in [5, 5.41) is 22.9. The average Bonchev–Trinajstić information content (AvgIpc) is 2.98. The molecule has 2 atom stereocenters. The maximum absolute atomic E-state index is 12.6. The fourth-order valence-corrected chi connectivity index (χ4v) is 5.18. The van der Waals surface area contributed by atoms with Crippen molar-refractivity contribution in [2.24, 2.45) is 5.14 Å². The molecule has 0 fully saturated rings. The summed E-state index contributed by atoms with van der Waals surface area (Å²) in [4.78, 5) is 24.1. The lowest BCUT2D eigenvalue weighted by Crippen LogP contribution is -2.35. The van der Waals surface area contributed by atoms with E-state index >= 15 is 0 Å². The maximum Gasteiger partial charge on any atom is 0.251 e. The minimum absolute atomic E-state index is 0.0510. The number of carbonyl (C=O) groups excluding carboxylic acids is 2. The number of amides is 2. The molecule has 0 heterocycles. The largest absolute Gasteiger partial charge is 0.627 e. The highest BCUT2D eigenvalue weighted by molar-refractivity contribution is 9.11. The Balaban J connectivity index is 1.94. The molecule has 2 unspecified atom stereocenters. The van der Waals surface area contributed by atoms with Crippen LogP contribution >= 0.6 is 27.5 Å². The van der Waals surface area contributed by atoms with E-state index in [-0.39, 0.29) is 22.1 Å². The molecule has 1 aromatic carbocycles. The number of hydrogen-bond acceptors (Lipinski definition) is 8. The van der Waals surface area contributed by atoms with E-state index in [4.69, 9.17) is 37.4 Å². The number of halogens is 2. The first kappa shape index (κ1) is 41.0. The van der Waals surface area contributed by atoms with Gasteiger partial charge in [0, 0.05) is 73.1 Å². The molecule has 2 amide bonds. The van der Waals surface area contributed by atoms with Crippen molar-refractivity contribution in [1.82, 2.24) is 10.6 Å². The van der Waals surface area contributed by atoms with Crippen LogP contribution in [0.15, 0.2) is 39.8 Å². The number of hydrogen-bond donors (Lipinski definition) is 3. The predicted octanol–water partition coefficient (Wildman–Crippen LogP) is 3.38. The van der Waals surface area contributed by atoms with Crippen molar-refractivity contribution in [3.63, 3.8) is 0 Å². The summed E-state index contributed by atoms with van der Waals surface area (Å²) in [6.07, 6.45) is 10.9. The molecule has 1 rings (SSSR count). The smallest absolute Gasteiger partial charge is 0.251 e. The molecule has 0 aliphatic carbocycles. The van der Waals surface area contributed by atoms with Gasteiger partial charge >= 0.3 is 0 Å². The monoisotopic (exact) mass is 736 g/mol. The number of ether oxygens (including phenoxy) is 3. The quantitative estimate of drug-likeness (QED) is 0.0343. The molecule has 0 bridgehead atoms. The Labute approximate surface area is 280 Å². The second-order valence-corrected chi connectivity index (χ2v) is 13.2. The fraction of sp³-hybridized carbons (Fsp3) is 0.600. The van der Waals surface area contributed by atoms with Crippen molar-refractivity contribution in [3.8, 4) is 12.3 Å². The summed E-state index contributed by atoms with van der Waals surface area (Å²) in [7, 11) is -2.25. The molecule has 45 heavy (non-hydrogen) atoms. The molecule has 1 aromatic rings. The Kier molecular flexibility index (Phi) is 21.2. The number of rotatable bonds is 25. The predicted molar refractivity (Wildman–Crippen MR) is 178 cm³/mol. The number of terminal acetylenes is 1. The zero-order valence-corrected chi connectivity index (χ0v) is 29.0. The van der Waals surface area contributed by atoms with Crippen LogP contribution in [0.25, 0.3) is 0 Å². The number of unbranched alkanes of at least 4 members (excludes halogenated alkanes) is 1. The topological polar surface area (TPSA) is 169 Å². The first-order valence-corrected chi connectivity index (χ1v) is 17.6. The highest BCUT2D eigenvalue weighted by Gasteiger charge is 2.17. The summed E-state index contributed by atoms with van der Waals surface area (Å²) in [5.41, 5.74) is 0.340. The highest BCUT2D eigenvalue weighted by atomic mass is 79.9. The minimum Gasteiger partial charge on any atom is -0.627 e. The zero-order valence-electron chi connectivity index (χ0n) is 25.8. The molecular weight excluding hydrogens is 692 g/mol. The average molecular weight is 738 g/mol. The molecule has 0 aliphatic heterocycles. The van der Waals surface area contributed by atoms with E-state index in [1.54, 1.807) is 13.1 Å². The number of sulfonamides is 1. The number of nitrogens with two attached hydrogens (primary N) is 1. The lowest BCUT2D eigenvalue weighted by Gasteiger charge is -2.37. The van der Waals surface area contributed by atoms with Crippen molar-refractivity contribution >= 4 is 49.4 Å². The second kappa shape index (κ2) is 23.3. The fourth-order valence-electron chi connectivity index (χ4n) is 3.74. The Hall–Kier alpha value is -2.06. The van der Waals surface area contributed by atoms with Crippen LogP contribution < -0.4 is 15.8 Å². The minimum atomic E-state index is -3.79. The first-order valence-electron chi connectivity index (χ1n) is 14.8. The second-order valence-electron chi connectivity index (χ2n) is 10.2. The standard InChI is InChI=1S/C30H46BrClN4O8S/c1-3-4-5-17-36(2,39)28(31)24-26(32)9-6-10-29(37)34-15-7-18-42-20-22-44-23-21-43-19-8-16-35-30(38)25-11-13-27(14-12-25)45(33,40)41/h1,11-14,24,26H,4-10,15-23H2,2H3,(H,34,37)(H,35,38)(H2,33,40,41). The zero-order chi connectivity index (χ0) is 33.6. The van der Waals surface area contributed by atoms with Crippen molar-refractivity contribution in [3.05, 3.63) is 45.7 Å². The van der Waals surface area contributed by atoms with Crippen LogP contribution in [0.5, 0.6) is 0 Å². The van der Waals surface area contributed by atoms with Crippen molar-refractivity contribution in [2.45, 2.75) is 55.2 Å². The third kappa shape index (κ3) is 19.9. The SMILES string of the molecule is C#CCCC[N+](C)([O-])C(Br)=CC(Cl)CCCC(=O)NCCCOCCOCCOCCCNC(=O)c1ccc(S(N)(=O)=O)cc1. The van der Waals surface area contributed by atoms with Gasteiger partial charge in [0.25, 0.3) is 5.91 Å². The van der Waals surface area contributed by atoms with Gasteiger partial charge < -0.3 is 34.7 Å². The van der Waals surface area contributed by atoms with Gasteiger partial charge in [0.2, 0.25) is 15.9 Å². The van der Waals surface area contributed by atoms with Crippen molar-refractivity contribution in [1.29, 1.82) is 0 Å². The molecule has 0 aliphatic rings. The summed E-state index contributed by atoms with van der Waals surface area (Å²) >= 11 is 9.66. The van der Waals surface area contributed by atoms with Gasteiger partial charge in [0.15, 0.2) is 4.61 Å². The molecule has 4 N–H and O–H groups in total. The lowest BCUT2D eigenvalue weighted by atomic mass is 10.1. The summed E-state index contributed by atoms with van der Waals surface area (Å²) in [5.74, 6) is 2.16. The maximum atomic E-state index is 12.6. The molecule has 15 heteroatoms. The number of benzene rings is 1. The number of hydroxylamine groups is 3. The van der Waals surface area contributed by atoms with Crippen LogP contribution in [0.3, 0.4) is 0 Å². The molecule has 0 saturated carbocycles. The van der Waals surface area contributed by atoms with Gasteiger partial charge in [0.05, 0.1) is 50.3 Å². The Bertz CT molecular complexity index is 1190. The molecular formula is C30H46BrClN4O8S. The Morgan fingerprint density at radius 2 is 1.58 bits per heavy atom. The van der Waals surface area contributed by atoms with Crippen LogP contribution in [0.1, 0.15) is 55.3 Å². The van der Waals surface area contributed by atoms with Gasteiger partial charge in [0.1, 0.15) is 0 Å². The van der Waals surface area contributed by atoms with Gasteiger partial charge in [-0.1, -0.05) is 0 Å². The number of primary sulfonamides is 1. The summed E-state index contributed by atoms with van der Waals surface area (Å²) < 4.78 is 38.9. The van der Waals surface area contributed by atoms with E-state index in [2.05, 4.69) is 32.5 Å². The number of nitrogens with one attached hydrogen (secondary N) is 2. The van der Waals surface area contributed by atoms with E-state index in [1.165, 1.54) is 24.3 Å².